The van der Waals surface area contributed by atoms with E-state index >= 15 is 0 Å². The molecule has 2 amide bonds. The molecule has 0 radical (unpaired) electrons. The van der Waals surface area contributed by atoms with E-state index in [2.05, 4.69) is 16.0 Å². The van der Waals surface area contributed by atoms with Crippen LogP contribution >= 0.6 is 11.6 Å². The molecule has 3 atom stereocenters. The van der Waals surface area contributed by atoms with Crippen LogP contribution in [0.5, 0.6) is 0 Å². The van der Waals surface area contributed by atoms with Gasteiger partial charge in [-0.2, -0.15) is 0 Å². The second-order valence-corrected chi connectivity index (χ2v) is 5.48. The van der Waals surface area contributed by atoms with Gasteiger partial charge in [0.05, 0.1) is 11.1 Å². The quantitative estimate of drug-likeness (QED) is 0.768. The average Bonchev–Trinajstić information content (AvgIpc) is 2.81. The van der Waals surface area contributed by atoms with Crippen LogP contribution in [0.2, 0.25) is 5.02 Å². The zero-order valence-electron chi connectivity index (χ0n) is 11.8. The van der Waals surface area contributed by atoms with Crippen molar-refractivity contribution in [2.75, 3.05) is 6.54 Å². The smallest absolute Gasteiger partial charge is 0.240 e. The van der Waals surface area contributed by atoms with Gasteiger partial charge in [0.25, 0.3) is 0 Å². The Morgan fingerprint density at radius 3 is 2.86 bits per heavy atom. The van der Waals surface area contributed by atoms with Crippen molar-refractivity contribution in [2.24, 2.45) is 0 Å². The van der Waals surface area contributed by atoms with Gasteiger partial charge in [0.2, 0.25) is 11.8 Å². The van der Waals surface area contributed by atoms with E-state index in [0.29, 0.717) is 0 Å². The Morgan fingerprint density at radius 1 is 1.45 bits per heavy atom. The summed E-state index contributed by atoms with van der Waals surface area (Å²) in [6.45, 7) is 1.34. The number of alkyl halides is 1. The summed E-state index contributed by atoms with van der Waals surface area (Å²) in [6.07, 6.45) is -1.55. The number of halogens is 3. The molecule has 22 heavy (non-hydrogen) atoms. The molecular weight excluding hydrogens is 316 g/mol. The summed E-state index contributed by atoms with van der Waals surface area (Å²) < 4.78 is 27.8. The lowest BCUT2D eigenvalue weighted by molar-refractivity contribution is -0.125. The summed E-state index contributed by atoms with van der Waals surface area (Å²) in [4.78, 5) is 22.9. The van der Waals surface area contributed by atoms with E-state index in [0.717, 1.165) is 0 Å². The minimum Gasteiger partial charge on any atom is -0.350 e. The Bertz CT molecular complexity index is 585. The molecule has 0 aliphatic carbocycles. The molecule has 0 spiro atoms. The second kappa shape index (κ2) is 7.02. The topological polar surface area (TPSA) is 70.2 Å². The van der Waals surface area contributed by atoms with Crippen molar-refractivity contribution < 1.29 is 18.4 Å². The highest BCUT2D eigenvalue weighted by Crippen LogP contribution is 2.18. The number of amides is 2. The van der Waals surface area contributed by atoms with E-state index in [1.165, 1.54) is 19.1 Å². The lowest BCUT2D eigenvalue weighted by Crippen LogP contribution is -2.47. The summed E-state index contributed by atoms with van der Waals surface area (Å²) in [5.41, 5.74) is 0.215. The first kappa shape index (κ1) is 16.6. The average molecular weight is 332 g/mol. The number of hydrogen-bond donors (Lipinski definition) is 3. The molecule has 0 bridgehead atoms. The van der Waals surface area contributed by atoms with Gasteiger partial charge in [-0.25, -0.2) is 8.78 Å². The first-order valence-electron chi connectivity index (χ1n) is 6.75. The van der Waals surface area contributed by atoms with Crippen molar-refractivity contribution in [2.45, 2.75) is 31.7 Å². The monoisotopic (exact) mass is 331 g/mol. The Labute approximate surface area is 131 Å². The van der Waals surface area contributed by atoms with Crippen molar-refractivity contribution in [3.05, 3.63) is 34.6 Å². The molecule has 0 saturated carbocycles. The fraction of sp³-hybridized carbons (Fsp3) is 0.429. The van der Waals surface area contributed by atoms with Gasteiger partial charge in [-0.05, 0) is 6.07 Å². The molecule has 8 heteroatoms. The van der Waals surface area contributed by atoms with Gasteiger partial charge in [-0.3, -0.25) is 9.59 Å². The van der Waals surface area contributed by atoms with E-state index in [9.17, 15) is 18.4 Å². The third-order valence-electron chi connectivity index (χ3n) is 3.42. The largest absolute Gasteiger partial charge is 0.350 e. The molecule has 1 aliphatic heterocycles. The van der Waals surface area contributed by atoms with E-state index < -0.39 is 30.0 Å². The summed E-state index contributed by atoms with van der Waals surface area (Å²) >= 11 is 5.65. The lowest BCUT2D eigenvalue weighted by Gasteiger charge is -2.17. The van der Waals surface area contributed by atoms with Crippen LogP contribution in [0.4, 0.5) is 8.78 Å². The van der Waals surface area contributed by atoms with Crippen molar-refractivity contribution in [3.63, 3.8) is 0 Å². The van der Waals surface area contributed by atoms with E-state index in [-0.39, 0.29) is 29.6 Å². The van der Waals surface area contributed by atoms with Gasteiger partial charge in [0, 0.05) is 25.6 Å². The molecule has 1 heterocycles. The van der Waals surface area contributed by atoms with Crippen LogP contribution in [0.25, 0.3) is 0 Å². The number of carbonyl (C=O) groups excluding carboxylic acids is 2. The maximum absolute atomic E-state index is 14.1. The van der Waals surface area contributed by atoms with Crippen LogP contribution in [0.1, 0.15) is 12.5 Å². The number of carbonyl (C=O) groups is 2. The maximum atomic E-state index is 14.1. The SMILES string of the molecule is CC(=O)N[C@@H]1CN[C@H](C(=O)NCc2cccc(Cl)c2F)[C@H]1F. The van der Waals surface area contributed by atoms with E-state index in [1.54, 1.807) is 6.07 Å². The van der Waals surface area contributed by atoms with Gasteiger partial charge in [-0.15, -0.1) is 0 Å². The fourth-order valence-corrected chi connectivity index (χ4v) is 2.51. The fourth-order valence-electron chi connectivity index (χ4n) is 2.32. The third-order valence-corrected chi connectivity index (χ3v) is 3.71. The van der Waals surface area contributed by atoms with Gasteiger partial charge in [0.15, 0.2) is 0 Å². The molecule has 120 valence electrons. The van der Waals surface area contributed by atoms with Crippen LogP contribution in [-0.2, 0) is 16.1 Å². The minimum atomic E-state index is -1.55. The molecule has 1 saturated heterocycles. The molecule has 0 aromatic heterocycles. The van der Waals surface area contributed by atoms with Gasteiger partial charge >= 0.3 is 0 Å². The second-order valence-electron chi connectivity index (χ2n) is 5.07. The van der Waals surface area contributed by atoms with Gasteiger partial charge in [-0.1, -0.05) is 23.7 Å². The molecule has 1 fully saturated rings. The van der Waals surface area contributed by atoms with Crippen LogP contribution in [0, 0.1) is 5.82 Å². The zero-order valence-corrected chi connectivity index (χ0v) is 12.6. The van der Waals surface area contributed by atoms with Crippen LogP contribution in [0.15, 0.2) is 18.2 Å². The predicted molar refractivity (Wildman–Crippen MR) is 77.5 cm³/mol. The Kier molecular flexibility index (Phi) is 5.31. The number of rotatable bonds is 4. The molecule has 5 nitrogen and oxygen atoms in total. The normalized spacial score (nSPS) is 24.1. The summed E-state index contributed by atoms with van der Waals surface area (Å²) in [6, 6.07) is 2.61. The van der Waals surface area contributed by atoms with Crippen molar-refractivity contribution in [1.29, 1.82) is 0 Å². The number of hydrogen-bond acceptors (Lipinski definition) is 3. The number of nitrogens with one attached hydrogen (secondary N) is 3. The maximum Gasteiger partial charge on any atom is 0.240 e. The Hall–Kier alpha value is -1.73. The Morgan fingerprint density at radius 2 is 2.18 bits per heavy atom. The van der Waals surface area contributed by atoms with E-state index in [1.807, 2.05) is 0 Å². The van der Waals surface area contributed by atoms with Crippen molar-refractivity contribution in [1.82, 2.24) is 16.0 Å². The number of benzene rings is 1. The highest BCUT2D eigenvalue weighted by Gasteiger charge is 2.40. The predicted octanol–water partition coefficient (Wildman–Crippen LogP) is 0.910. The highest BCUT2D eigenvalue weighted by atomic mass is 35.5. The van der Waals surface area contributed by atoms with E-state index in [4.69, 9.17) is 11.6 Å². The van der Waals surface area contributed by atoms with Crippen molar-refractivity contribution in [3.8, 4) is 0 Å². The molecule has 2 rings (SSSR count). The molecule has 1 aromatic rings. The molecular formula is C14H16ClF2N3O2. The summed E-state index contributed by atoms with van der Waals surface area (Å²) in [5.74, 6) is -1.58. The zero-order chi connectivity index (χ0) is 16.3. The van der Waals surface area contributed by atoms with Crippen LogP contribution in [0.3, 0.4) is 0 Å². The lowest BCUT2D eigenvalue weighted by atomic mass is 10.1. The minimum absolute atomic E-state index is 0.0418. The molecule has 1 aliphatic rings. The first-order chi connectivity index (χ1) is 10.4. The van der Waals surface area contributed by atoms with Crippen LogP contribution < -0.4 is 16.0 Å². The Balaban J connectivity index is 1.93. The van der Waals surface area contributed by atoms with Gasteiger partial charge in [0.1, 0.15) is 18.0 Å². The summed E-state index contributed by atoms with van der Waals surface area (Å²) in [7, 11) is 0. The molecule has 1 aromatic carbocycles. The van der Waals surface area contributed by atoms with Crippen LogP contribution in [-0.4, -0.2) is 36.6 Å². The molecule has 0 unspecified atom stereocenters. The van der Waals surface area contributed by atoms with Crippen molar-refractivity contribution >= 4 is 23.4 Å². The summed E-state index contributed by atoms with van der Waals surface area (Å²) in [5, 5.41) is 7.55. The highest BCUT2D eigenvalue weighted by molar-refractivity contribution is 6.30. The molecule has 3 N–H and O–H groups in total. The first-order valence-corrected chi connectivity index (χ1v) is 7.13. The standard InChI is InChI=1S/C14H16ClF2N3O2/c1-7(21)20-10-6-18-13(12(10)17)14(22)19-5-8-3-2-4-9(15)11(8)16/h2-4,10,12-13,18H,5-6H2,1H3,(H,19,22)(H,20,21)/t10-,12+,13+/m1/s1. The third kappa shape index (κ3) is 3.72. The van der Waals surface area contributed by atoms with Gasteiger partial charge < -0.3 is 16.0 Å².